The minimum Gasteiger partial charge on any atom is -0.348 e. The van der Waals surface area contributed by atoms with Crippen LogP contribution in [0.2, 0.25) is 0 Å². The summed E-state index contributed by atoms with van der Waals surface area (Å²) in [5.74, 6) is -0.0182. The zero-order valence-electron chi connectivity index (χ0n) is 17.6. The van der Waals surface area contributed by atoms with Crippen molar-refractivity contribution in [2.75, 3.05) is 13.1 Å². The van der Waals surface area contributed by atoms with Crippen LogP contribution in [0.15, 0.2) is 71.9 Å². The number of carbonyl (C=O) groups excluding carboxylic acids is 3. The summed E-state index contributed by atoms with van der Waals surface area (Å²) in [6.07, 6.45) is 3.46. The van der Waals surface area contributed by atoms with Gasteiger partial charge in [0.1, 0.15) is 0 Å². The molecular formula is C25H24BrN3O3. The van der Waals surface area contributed by atoms with Crippen LogP contribution in [0.5, 0.6) is 0 Å². The number of Topliss-reactive ketones (excluding diaryl/α,β-unsaturated/α-hetero) is 1. The van der Waals surface area contributed by atoms with Crippen molar-refractivity contribution in [1.29, 1.82) is 0 Å². The Bertz CT molecular complexity index is 1180. The van der Waals surface area contributed by atoms with Gasteiger partial charge < -0.3 is 14.8 Å². The van der Waals surface area contributed by atoms with Crippen LogP contribution in [0.4, 0.5) is 0 Å². The molecule has 4 rings (SSSR count). The predicted molar refractivity (Wildman–Crippen MR) is 127 cm³/mol. The predicted octanol–water partition coefficient (Wildman–Crippen LogP) is 3.94. The van der Waals surface area contributed by atoms with E-state index in [0.29, 0.717) is 31.6 Å². The summed E-state index contributed by atoms with van der Waals surface area (Å²) in [5, 5.41) is 3.76. The van der Waals surface area contributed by atoms with Crippen LogP contribution in [-0.4, -0.2) is 40.2 Å². The Balaban J connectivity index is 1.46. The van der Waals surface area contributed by atoms with E-state index >= 15 is 0 Å². The lowest BCUT2D eigenvalue weighted by Gasteiger charge is -2.38. The average Bonchev–Trinajstić information content (AvgIpc) is 3.11. The molecule has 2 aromatic carbocycles. The zero-order valence-corrected chi connectivity index (χ0v) is 19.2. The summed E-state index contributed by atoms with van der Waals surface area (Å²) in [5.41, 5.74) is 2.39. The van der Waals surface area contributed by atoms with Crippen molar-refractivity contribution in [2.24, 2.45) is 5.92 Å². The molecule has 3 aromatic rings. The third kappa shape index (κ3) is 4.83. The maximum absolute atomic E-state index is 12.9. The number of nitrogens with zero attached hydrogens (tertiary/aromatic N) is 2. The Morgan fingerprint density at radius 2 is 1.88 bits per heavy atom. The molecule has 0 aliphatic carbocycles. The molecule has 1 N–H and O–H groups in total. The molecule has 0 bridgehead atoms. The highest BCUT2D eigenvalue weighted by molar-refractivity contribution is 9.10. The topological polar surface area (TPSA) is 71.4 Å². The van der Waals surface area contributed by atoms with Crippen LogP contribution in [0.3, 0.4) is 0 Å². The fourth-order valence-corrected chi connectivity index (χ4v) is 4.40. The van der Waals surface area contributed by atoms with Crippen molar-refractivity contribution in [3.63, 3.8) is 0 Å². The summed E-state index contributed by atoms with van der Waals surface area (Å²) >= 11 is 3.48. The van der Waals surface area contributed by atoms with Gasteiger partial charge in [0.15, 0.2) is 5.78 Å². The van der Waals surface area contributed by atoms with Crippen molar-refractivity contribution in [2.45, 2.75) is 19.5 Å². The first-order valence-corrected chi connectivity index (χ1v) is 11.3. The minimum absolute atomic E-state index is 0.0803. The van der Waals surface area contributed by atoms with Gasteiger partial charge in [-0.15, -0.1) is 0 Å². The van der Waals surface area contributed by atoms with E-state index < -0.39 is 0 Å². The molecule has 1 aliphatic heterocycles. The van der Waals surface area contributed by atoms with E-state index in [4.69, 9.17) is 0 Å². The van der Waals surface area contributed by atoms with E-state index in [1.54, 1.807) is 11.1 Å². The number of likely N-dealkylation sites (tertiary alicyclic amines) is 1. The fraction of sp³-hybridized carbons (Fsp3) is 0.240. The SMILES string of the molecule is C=CC(=O)N1CC(CC(=O)Cn2cc(C(=O)NCc3ccccc3)c3cc(Br)ccc32)C1. The van der Waals surface area contributed by atoms with Crippen molar-refractivity contribution >= 4 is 44.4 Å². The molecule has 1 aromatic heterocycles. The first-order valence-electron chi connectivity index (χ1n) is 10.5. The summed E-state index contributed by atoms with van der Waals surface area (Å²) < 4.78 is 2.71. The van der Waals surface area contributed by atoms with Crippen LogP contribution in [0.25, 0.3) is 10.9 Å². The van der Waals surface area contributed by atoms with Crippen LogP contribution in [0.1, 0.15) is 22.3 Å². The van der Waals surface area contributed by atoms with Gasteiger partial charge in [-0.05, 0) is 29.8 Å². The molecule has 164 valence electrons. The molecule has 1 fully saturated rings. The largest absolute Gasteiger partial charge is 0.348 e. The number of ketones is 1. The van der Waals surface area contributed by atoms with Gasteiger partial charge in [0.2, 0.25) is 5.91 Å². The molecule has 0 atom stereocenters. The summed E-state index contributed by atoms with van der Waals surface area (Å²) in [7, 11) is 0. The van der Waals surface area contributed by atoms with Crippen molar-refractivity contribution in [3.8, 4) is 0 Å². The van der Waals surface area contributed by atoms with Crippen LogP contribution in [-0.2, 0) is 22.7 Å². The number of carbonyl (C=O) groups is 3. The van der Waals surface area contributed by atoms with E-state index in [0.717, 1.165) is 20.9 Å². The smallest absolute Gasteiger partial charge is 0.253 e. The van der Waals surface area contributed by atoms with Gasteiger partial charge in [-0.2, -0.15) is 0 Å². The van der Waals surface area contributed by atoms with Crippen LogP contribution < -0.4 is 5.32 Å². The molecule has 2 heterocycles. The first-order chi connectivity index (χ1) is 15.4. The molecular weight excluding hydrogens is 470 g/mol. The number of amides is 2. The number of aromatic nitrogens is 1. The van der Waals surface area contributed by atoms with Crippen LogP contribution in [0, 0.1) is 5.92 Å². The highest BCUT2D eigenvalue weighted by Gasteiger charge is 2.30. The minimum atomic E-state index is -0.180. The van der Waals surface area contributed by atoms with Gasteiger partial charge in [0.05, 0.1) is 12.1 Å². The van der Waals surface area contributed by atoms with Gasteiger partial charge in [-0.25, -0.2) is 0 Å². The number of nitrogens with one attached hydrogen (secondary N) is 1. The standard InChI is InChI=1S/C25H24BrN3O3/c1-2-24(31)29-13-18(14-29)10-20(30)15-28-16-22(21-11-19(26)8-9-23(21)28)25(32)27-12-17-6-4-3-5-7-17/h2-9,11,16,18H,1,10,12-15H2,(H,27,32). The second kappa shape index (κ2) is 9.53. The van der Waals surface area contributed by atoms with E-state index in [1.807, 2.05) is 53.1 Å². The molecule has 0 unspecified atom stereocenters. The average molecular weight is 494 g/mol. The Morgan fingerprint density at radius 1 is 1.12 bits per heavy atom. The Morgan fingerprint density at radius 3 is 2.59 bits per heavy atom. The van der Waals surface area contributed by atoms with Gasteiger partial charge in [0.25, 0.3) is 5.91 Å². The quantitative estimate of drug-likeness (QED) is 0.483. The molecule has 0 spiro atoms. The molecule has 0 radical (unpaired) electrons. The second-order valence-electron chi connectivity index (χ2n) is 8.06. The highest BCUT2D eigenvalue weighted by atomic mass is 79.9. The van der Waals surface area contributed by atoms with Crippen molar-refractivity contribution < 1.29 is 14.4 Å². The van der Waals surface area contributed by atoms with Crippen LogP contribution >= 0.6 is 15.9 Å². The monoisotopic (exact) mass is 493 g/mol. The molecule has 7 heteroatoms. The number of hydrogen-bond acceptors (Lipinski definition) is 3. The number of hydrogen-bond donors (Lipinski definition) is 1. The molecule has 6 nitrogen and oxygen atoms in total. The third-order valence-corrected chi connectivity index (χ3v) is 6.18. The molecule has 2 amide bonds. The number of fused-ring (bicyclic) bond motifs is 1. The van der Waals surface area contributed by atoms with E-state index in [2.05, 4.69) is 27.8 Å². The molecule has 0 saturated carbocycles. The number of rotatable bonds is 8. The highest BCUT2D eigenvalue weighted by Crippen LogP contribution is 2.26. The normalized spacial score (nSPS) is 13.6. The van der Waals surface area contributed by atoms with E-state index in [9.17, 15) is 14.4 Å². The fourth-order valence-electron chi connectivity index (χ4n) is 4.04. The zero-order chi connectivity index (χ0) is 22.7. The molecule has 1 saturated heterocycles. The van der Waals surface area contributed by atoms with E-state index in [-0.39, 0.29) is 30.1 Å². The summed E-state index contributed by atoms with van der Waals surface area (Å²) in [6, 6.07) is 15.4. The van der Waals surface area contributed by atoms with Gasteiger partial charge >= 0.3 is 0 Å². The van der Waals surface area contributed by atoms with Gasteiger partial charge in [0, 0.05) is 53.5 Å². The lowest BCUT2D eigenvalue weighted by atomic mass is 9.94. The lowest BCUT2D eigenvalue weighted by molar-refractivity contribution is -0.134. The third-order valence-electron chi connectivity index (χ3n) is 5.69. The molecule has 1 aliphatic rings. The first kappa shape index (κ1) is 22.0. The Hall–Kier alpha value is -3.19. The summed E-state index contributed by atoms with van der Waals surface area (Å²) in [4.78, 5) is 38.9. The number of benzene rings is 2. The van der Waals surface area contributed by atoms with Gasteiger partial charge in [-0.1, -0.05) is 52.8 Å². The maximum atomic E-state index is 12.9. The summed E-state index contributed by atoms with van der Waals surface area (Å²) in [6.45, 7) is 5.28. The lowest BCUT2D eigenvalue weighted by Crippen LogP contribution is -2.50. The van der Waals surface area contributed by atoms with Crippen molar-refractivity contribution in [1.82, 2.24) is 14.8 Å². The Labute approximate surface area is 195 Å². The maximum Gasteiger partial charge on any atom is 0.253 e. The van der Waals surface area contributed by atoms with Crippen molar-refractivity contribution in [3.05, 3.63) is 83.0 Å². The molecule has 32 heavy (non-hydrogen) atoms. The van der Waals surface area contributed by atoms with Gasteiger partial charge in [-0.3, -0.25) is 14.4 Å². The number of halogens is 1. The van der Waals surface area contributed by atoms with E-state index in [1.165, 1.54) is 6.08 Å². The Kier molecular flexibility index (Phi) is 6.55. The second-order valence-corrected chi connectivity index (χ2v) is 8.97.